The number of nitrogens with zero attached hydrogens (tertiary/aromatic N) is 1. The van der Waals surface area contributed by atoms with E-state index in [0.29, 0.717) is 10.6 Å². The average Bonchev–Trinajstić information content (AvgIpc) is 2.32. The molecule has 0 atom stereocenters. The van der Waals surface area contributed by atoms with E-state index >= 15 is 0 Å². The largest absolute Gasteiger partial charge is 0.360 e. The Kier molecular flexibility index (Phi) is 4.90. The summed E-state index contributed by atoms with van der Waals surface area (Å²) in [5.74, 6) is -0.473. The van der Waals surface area contributed by atoms with Gasteiger partial charge in [0.2, 0.25) is 0 Å². The van der Waals surface area contributed by atoms with Crippen LogP contribution < -0.4 is 4.18 Å². The third-order valence-corrected chi connectivity index (χ3v) is 4.28. The van der Waals surface area contributed by atoms with Crippen LogP contribution in [0.2, 0.25) is 10.0 Å². The fourth-order valence-electron chi connectivity index (χ4n) is 1.44. The van der Waals surface area contributed by atoms with Gasteiger partial charge < -0.3 is 4.18 Å². The molecule has 2 rings (SSSR count). The van der Waals surface area contributed by atoms with Crippen molar-refractivity contribution in [2.45, 2.75) is 5.75 Å². The SMILES string of the molecule is O=S(=O)(Cc1cccc(Br)c1)Oc1ncc(Cl)cc1Cl. The predicted octanol–water partition coefficient (Wildman–Crippen LogP) is 4.06. The zero-order valence-electron chi connectivity index (χ0n) is 9.89. The lowest BCUT2D eigenvalue weighted by atomic mass is 10.2. The van der Waals surface area contributed by atoms with Crippen molar-refractivity contribution in [2.75, 3.05) is 0 Å². The first-order valence-corrected chi connectivity index (χ1v) is 8.46. The third kappa shape index (κ3) is 4.34. The molecule has 106 valence electrons. The zero-order valence-corrected chi connectivity index (χ0v) is 13.8. The number of hydrogen-bond donors (Lipinski definition) is 0. The molecule has 0 aliphatic rings. The number of aromatic nitrogens is 1. The highest BCUT2D eigenvalue weighted by atomic mass is 79.9. The molecule has 0 saturated heterocycles. The minimum Gasteiger partial charge on any atom is -0.360 e. The Morgan fingerprint density at radius 1 is 1.25 bits per heavy atom. The summed E-state index contributed by atoms with van der Waals surface area (Å²) in [6.45, 7) is 0. The Morgan fingerprint density at radius 3 is 2.65 bits per heavy atom. The summed E-state index contributed by atoms with van der Waals surface area (Å²) in [6, 6.07) is 8.28. The van der Waals surface area contributed by atoms with E-state index in [4.69, 9.17) is 27.4 Å². The van der Waals surface area contributed by atoms with Gasteiger partial charge in [0.05, 0.1) is 5.02 Å². The molecule has 0 radical (unpaired) electrons. The second kappa shape index (κ2) is 6.30. The van der Waals surface area contributed by atoms with E-state index in [9.17, 15) is 8.42 Å². The van der Waals surface area contributed by atoms with Crippen LogP contribution >= 0.6 is 39.1 Å². The van der Waals surface area contributed by atoms with Gasteiger partial charge in [-0.25, -0.2) is 4.98 Å². The van der Waals surface area contributed by atoms with Gasteiger partial charge in [0.25, 0.3) is 5.88 Å². The average molecular weight is 397 g/mol. The Labute approximate surface area is 134 Å². The van der Waals surface area contributed by atoms with Gasteiger partial charge in [-0.05, 0) is 23.8 Å². The number of rotatable bonds is 4. The summed E-state index contributed by atoms with van der Waals surface area (Å²) in [5, 5.41) is 0.335. The molecule has 0 unspecified atom stereocenters. The van der Waals surface area contributed by atoms with Crippen molar-refractivity contribution in [3.63, 3.8) is 0 Å². The molecule has 1 aromatic heterocycles. The van der Waals surface area contributed by atoms with E-state index in [2.05, 4.69) is 20.9 Å². The van der Waals surface area contributed by atoms with Crippen molar-refractivity contribution in [3.8, 4) is 5.88 Å². The summed E-state index contributed by atoms with van der Waals surface area (Å²) in [7, 11) is -3.85. The quantitative estimate of drug-likeness (QED) is 0.731. The Bertz CT molecular complexity index is 737. The molecule has 0 saturated carbocycles. The molecule has 0 spiro atoms. The van der Waals surface area contributed by atoms with Crippen LogP contribution in [0.15, 0.2) is 41.0 Å². The fourth-order valence-corrected chi connectivity index (χ4v) is 3.38. The van der Waals surface area contributed by atoms with E-state index < -0.39 is 10.1 Å². The molecule has 8 heteroatoms. The Morgan fingerprint density at radius 2 is 2.00 bits per heavy atom. The van der Waals surface area contributed by atoms with Crippen LogP contribution in [0, 0.1) is 0 Å². The molecule has 2 aromatic rings. The van der Waals surface area contributed by atoms with E-state index in [1.165, 1.54) is 12.3 Å². The first-order chi connectivity index (χ1) is 9.35. The van der Waals surface area contributed by atoms with Crippen molar-refractivity contribution in [3.05, 3.63) is 56.6 Å². The van der Waals surface area contributed by atoms with Gasteiger partial charge in [-0.1, -0.05) is 51.3 Å². The van der Waals surface area contributed by atoms with E-state index in [1.54, 1.807) is 24.3 Å². The molecular formula is C12H8BrCl2NO3S. The maximum Gasteiger partial charge on any atom is 0.314 e. The standard InChI is InChI=1S/C12H8BrCl2NO3S/c13-9-3-1-2-8(4-9)7-20(17,18)19-12-11(15)5-10(14)6-16-12/h1-6H,7H2. The summed E-state index contributed by atoms with van der Waals surface area (Å²) < 4.78 is 29.6. The number of pyridine rings is 1. The highest BCUT2D eigenvalue weighted by molar-refractivity contribution is 9.10. The Balaban J connectivity index is 2.19. The fraction of sp³-hybridized carbons (Fsp3) is 0.0833. The van der Waals surface area contributed by atoms with E-state index in [1.807, 2.05) is 0 Å². The number of benzene rings is 1. The third-order valence-electron chi connectivity index (χ3n) is 2.21. The number of halogens is 3. The summed E-state index contributed by atoms with van der Waals surface area (Å²) in [4.78, 5) is 3.75. The van der Waals surface area contributed by atoms with Crippen molar-refractivity contribution in [1.82, 2.24) is 4.98 Å². The van der Waals surface area contributed by atoms with Crippen LogP contribution in [-0.2, 0) is 15.9 Å². The molecule has 0 fully saturated rings. The second-order valence-corrected chi connectivity index (χ2v) is 7.19. The lowest BCUT2D eigenvalue weighted by Crippen LogP contribution is -2.13. The van der Waals surface area contributed by atoms with Gasteiger partial charge in [-0.15, -0.1) is 0 Å². The van der Waals surface area contributed by atoms with Gasteiger partial charge >= 0.3 is 10.1 Å². The molecule has 4 nitrogen and oxygen atoms in total. The van der Waals surface area contributed by atoms with E-state index in [-0.39, 0.29) is 16.7 Å². The maximum atomic E-state index is 11.9. The van der Waals surface area contributed by atoms with Crippen molar-refractivity contribution in [1.29, 1.82) is 0 Å². The first-order valence-electron chi connectivity index (χ1n) is 5.33. The molecule has 20 heavy (non-hydrogen) atoms. The molecule has 0 aliphatic carbocycles. The summed E-state index contributed by atoms with van der Waals surface area (Å²) in [6.07, 6.45) is 1.26. The van der Waals surface area contributed by atoms with Crippen molar-refractivity contribution in [2.24, 2.45) is 0 Å². The maximum absolute atomic E-state index is 11.9. The van der Waals surface area contributed by atoms with E-state index in [0.717, 1.165) is 4.47 Å². The van der Waals surface area contributed by atoms with Gasteiger partial charge in [0.15, 0.2) is 0 Å². The first kappa shape index (κ1) is 15.6. The molecule has 0 bridgehead atoms. The lowest BCUT2D eigenvalue weighted by Gasteiger charge is -2.07. The minimum atomic E-state index is -3.85. The summed E-state index contributed by atoms with van der Waals surface area (Å²) >= 11 is 14.8. The molecule has 0 N–H and O–H groups in total. The molecule has 0 amide bonds. The topological polar surface area (TPSA) is 56.3 Å². The lowest BCUT2D eigenvalue weighted by molar-refractivity contribution is 0.475. The van der Waals surface area contributed by atoms with Gasteiger partial charge in [0.1, 0.15) is 10.8 Å². The highest BCUT2D eigenvalue weighted by Gasteiger charge is 2.17. The van der Waals surface area contributed by atoms with Crippen molar-refractivity contribution < 1.29 is 12.6 Å². The molecular weight excluding hydrogens is 389 g/mol. The predicted molar refractivity (Wildman–Crippen MR) is 81.7 cm³/mol. The van der Waals surface area contributed by atoms with Crippen molar-refractivity contribution >= 4 is 49.2 Å². The number of hydrogen-bond acceptors (Lipinski definition) is 4. The van der Waals surface area contributed by atoms with Crippen LogP contribution in [0.25, 0.3) is 0 Å². The summed E-state index contributed by atoms with van der Waals surface area (Å²) in [5.41, 5.74) is 0.587. The van der Waals surface area contributed by atoms with Crippen LogP contribution in [0.4, 0.5) is 0 Å². The van der Waals surface area contributed by atoms with Crippen LogP contribution in [-0.4, -0.2) is 13.4 Å². The minimum absolute atomic E-state index is 0.0373. The van der Waals surface area contributed by atoms with Gasteiger partial charge in [0, 0.05) is 10.7 Å². The Hall–Kier alpha value is -0.820. The van der Waals surface area contributed by atoms with Crippen LogP contribution in [0.5, 0.6) is 5.88 Å². The van der Waals surface area contributed by atoms with Gasteiger partial charge in [-0.3, -0.25) is 0 Å². The normalized spacial score (nSPS) is 11.3. The van der Waals surface area contributed by atoms with Crippen LogP contribution in [0.1, 0.15) is 5.56 Å². The molecule has 0 aliphatic heterocycles. The molecule has 1 heterocycles. The zero-order chi connectivity index (χ0) is 14.8. The second-order valence-electron chi connectivity index (χ2n) is 3.86. The molecule has 1 aromatic carbocycles. The monoisotopic (exact) mass is 395 g/mol. The van der Waals surface area contributed by atoms with Crippen LogP contribution in [0.3, 0.4) is 0 Å². The highest BCUT2D eigenvalue weighted by Crippen LogP contribution is 2.26. The van der Waals surface area contributed by atoms with Gasteiger partial charge in [-0.2, -0.15) is 8.42 Å². The smallest absolute Gasteiger partial charge is 0.314 e.